The van der Waals surface area contributed by atoms with Gasteiger partial charge in [0.1, 0.15) is 5.82 Å². The van der Waals surface area contributed by atoms with E-state index in [0.29, 0.717) is 18.3 Å². The van der Waals surface area contributed by atoms with Crippen molar-refractivity contribution in [1.29, 1.82) is 0 Å². The maximum atomic E-state index is 11.5. The lowest BCUT2D eigenvalue weighted by atomic mass is 10.3. The van der Waals surface area contributed by atoms with Crippen molar-refractivity contribution >= 4 is 17.4 Å². The molecule has 0 aromatic carbocycles. The second kappa shape index (κ2) is 6.20. The molecule has 94 valence electrons. The van der Waals surface area contributed by atoms with Crippen LogP contribution in [-0.4, -0.2) is 37.6 Å². The van der Waals surface area contributed by atoms with Crippen molar-refractivity contribution in [3.8, 4) is 0 Å². The molecule has 0 bridgehead atoms. The largest absolute Gasteiger partial charge is 0.363 e. The van der Waals surface area contributed by atoms with Crippen LogP contribution < -0.4 is 15.5 Å². The van der Waals surface area contributed by atoms with Crippen LogP contribution in [0.15, 0.2) is 18.3 Å². The van der Waals surface area contributed by atoms with Gasteiger partial charge in [0.25, 0.3) is 0 Å². The van der Waals surface area contributed by atoms with Crippen LogP contribution in [-0.2, 0) is 4.79 Å². The van der Waals surface area contributed by atoms with Crippen LogP contribution in [0.1, 0.15) is 13.8 Å². The van der Waals surface area contributed by atoms with Gasteiger partial charge in [0.05, 0.1) is 18.4 Å². The molecule has 0 aliphatic carbocycles. The predicted molar refractivity (Wildman–Crippen MR) is 70.3 cm³/mol. The third kappa shape index (κ3) is 4.82. The van der Waals surface area contributed by atoms with Crippen LogP contribution >= 0.6 is 0 Å². The number of nitrogens with one attached hydrogen (secondary N) is 2. The van der Waals surface area contributed by atoms with Gasteiger partial charge in [-0.25, -0.2) is 4.98 Å². The molecule has 0 saturated carbocycles. The highest BCUT2D eigenvalue weighted by molar-refractivity contribution is 5.92. The summed E-state index contributed by atoms with van der Waals surface area (Å²) in [6.45, 7) is 4.31. The summed E-state index contributed by atoms with van der Waals surface area (Å²) in [7, 11) is 3.85. The van der Waals surface area contributed by atoms with Crippen molar-refractivity contribution in [2.24, 2.45) is 0 Å². The third-order valence-electron chi connectivity index (χ3n) is 2.16. The van der Waals surface area contributed by atoms with Gasteiger partial charge in [-0.1, -0.05) is 13.8 Å². The van der Waals surface area contributed by atoms with Crippen molar-refractivity contribution in [1.82, 2.24) is 10.3 Å². The summed E-state index contributed by atoms with van der Waals surface area (Å²) in [6, 6.07) is 4.01. The highest BCUT2D eigenvalue weighted by atomic mass is 16.1. The number of carbonyl (C=O) groups is 1. The Morgan fingerprint density at radius 1 is 1.41 bits per heavy atom. The minimum atomic E-state index is -0.0573. The third-order valence-corrected chi connectivity index (χ3v) is 2.16. The van der Waals surface area contributed by atoms with E-state index in [4.69, 9.17) is 0 Å². The Morgan fingerprint density at radius 2 is 2.12 bits per heavy atom. The number of rotatable bonds is 5. The van der Waals surface area contributed by atoms with Gasteiger partial charge in [0.15, 0.2) is 0 Å². The van der Waals surface area contributed by atoms with Crippen LogP contribution in [0.4, 0.5) is 11.5 Å². The van der Waals surface area contributed by atoms with E-state index in [0.717, 1.165) is 5.82 Å². The number of pyridine rings is 1. The maximum absolute atomic E-state index is 11.5. The summed E-state index contributed by atoms with van der Waals surface area (Å²) in [5.41, 5.74) is 0.714. The van der Waals surface area contributed by atoms with E-state index in [1.165, 1.54) is 0 Å². The molecule has 1 heterocycles. The number of nitrogens with zero attached hydrogens (tertiary/aromatic N) is 2. The van der Waals surface area contributed by atoms with Gasteiger partial charge in [0, 0.05) is 20.1 Å². The van der Waals surface area contributed by atoms with E-state index in [9.17, 15) is 4.79 Å². The van der Waals surface area contributed by atoms with Crippen LogP contribution in [0.25, 0.3) is 0 Å². The number of aromatic nitrogens is 1. The van der Waals surface area contributed by atoms with E-state index in [1.807, 2.05) is 45.0 Å². The second-order valence-electron chi connectivity index (χ2n) is 4.38. The topological polar surface area (TPSA) is 57.3 Å². The first kappa shape index (κ1) is 13.4. The lowest BCUT2D eigenvalue weighted by Gasteiger charge is -2.12. The Balaban J connectivity index is 2.48. The van der Waals surface area contributed by atoms with E-state index in [2.05, 4.69) is 15.6 Å². The normalized spacial score (nSPS) is 10.4. The van der Waals surface area contributed by atoms with Crippen molar-refractivity contribution in [3.63, 3.8) is 0 Å². The highest BCUT2D eigenvalue weighted by Gasteiger charge is 2.03. The summed E-state index contributed by atoms with van der Waals surface area (Å²) in [4.78, 5) is 17.6. The lowest BCUT2D eigenvalue weighted by Crippen LogP contribution is -2.32. The van der Waals surface area contributed by atoms with Crippen LogP contribution in [0, 0.1) is 0 Å². The highest BCUT2D eigenvalue weighted by Crippen LogP contribution is 2.11. The molecule has 17 heavy (non-hydrogen) atoms. The van der Waals surface area contributed by atoms with Crippen molar-refractivity contribution < 1.29 is 4.79 Å². The maximum Gasteiger partial charge on any atom is 0.238 e. The summed E-state index contributed by atoms with van der Waals surface area (Å²) in [5, 5.41) is 5.84. The van der Waals surface area contributed by atoms with E-state index < -0.39 is 0 Å². The molecule has 0 radical (unpaired) electrons. The van der Waals surface area contributed by atoms with E-state index in [1.54, 1.807) is 6.20 Å². The molecular weight excluding hydrogens is 216 g/mol. The smallest absolute Gasteiger partial charge is 0.238 e. The first-order valence-corrected chi connectivity index (χ1v) is 5.65. The monoisotopic (exact) mass is 236 g/mol. The van der Waals surface area contributed by atoms with Crippen LogP contribution in [0.2, 0.25) is 0 Å². The fourth-order valence-electron chi connectivity index (χ4n) is 1.23. The summed E-state index contributed by atoms with van der Waals surface area (Å²) in [5.74, 6) is 0.807. The Kier molecular flexibility index (Phi) is 4.90. The molecule has 1 amide bonds. The Labute approximate surface area is 102 Å². The predicted octanol–water partition coefficient (Wildman–Crippen LogP) is 1.08. The standard InChI is InChI=1S/C12H20N4O/c1-9(2)13-8-12(17)15-10-5-6-11(14-7-10)16(3)4/h5-7,9,13H,8H2,1-4H3,(H,15,17). The molecule has 0 atom stereocenters. The Morgan fingerprint density at radius 3 is 2.59 bits per heavy atom. The van der Waals surface area contributed by atoms with Crippen molar-refractivity contribution in [2.75, 3.05) is 30.9 Å². The Hall–Kier alpha value is -1.62. The van der Waals surface area contributed by atoms with Gasteiger partial charge in [-0.05, 0) is 12.1 Å². The fraction of sp³-hybridized carbons (Fsp3) is 0.500. The summed E-state index contributed by atoms with van der Waals surface area (Å²) in [6.07, 6.45) is 1.66. The quantitative estimate of drug-likeness (QED) is 0.803. The zero-order valence-electron chi connectivity index (χ0n) is 10.8. The average Bonchev–Trinajstić information content (AvgIpc) is 2.27. The molecule has 1 rings (SSSR count). The zero-order chi connectivity index (χ0) is 12.8. The van der Waals surface area contributed by atoms with Gasteiger partial charge in [0.2, 0.25) is 5.91 Å². The van der Waals surface area contributed by atoms with Gasteiger partial charge in [-0.2, -0.15) is 0 Å². The minimum absolute atomic E-state index is 0.0573. The molecular formula is C12H20N4O. The number of carbonyl (C=O) groups excluding carboxylic acids is 1. The summed E-state index contributed by atoms with van der Waals surface area (Å²) >= 11 is 0. The average molecular weight is 236 g/mol. The number of hydrogen-bond donors (Lipinski definition) is 2. The first-order valence-electron chi connectivity index (χ1n) is 5.65. The second-order valence-corrected chi connectivity index (χ2v) is 4.38. The lowest BCUT2D eigenvalue weighted by molar-refractivity contribution is -0.115. The van der Waals surface area contributed by atoms with Gasteiger partial charge in [-0.15, -0.1) is 0 Å². The molecule has 5 heteroatoms. The van der Waals surface area contributed by atoms with Crippen LogP contribution in [0.3, 0.4) is 0 Å². The first-order chi connectivity index (χ1) is 7.99. The van der Waals surface area contributed by atoms with Crippen molar-refractivity contribution in [3.05, 3.63) is 18.3 Å². The van der Waals surface area contributed by atoms with Gasteiger partial charge in [-0.3, -0.25) is 4.79 Å². The SMILES string of the molecule is CC(C)NCC(=O)Nc1ccc(N(C)C)nc1. The van der Waals surface area contributed by atoms with Crippen LogP contribution in [0.5, 0.6) is 0 Å². The molecule has 0 fully saturated rings. The van der Waals surface area contributed by atoms with Crippen molar-refractivity contribution in [2.45, 2.75) is 19.9 Å². The number of amides is 1. The zero-order valence-corrected chi connectivity index (χ0v) is 10.8. The van der Waals surface area contributed by atoms with E-state index >= 15 is 0 Å². The molecule has 0 spiro atoms. The summed E-state index contributed by atoms with van der Waals surface area (Å²) < 4.78 is 0. The van der Waals surface area contributed by atoms with E-state index in [-0.39, 0.29) is 5.91 Å². The van der Waals surface area contributed by atoms with Gasteiger partial charge < -0.3 is 15.5 Å². The minimum Gasteiger partial charge on any atom is -0.363 e. The molecule has 1 aromatic heterocycles. The molecule has 0 aliphatic heterocycles. The molecule has 1 aromatic rings. The molecule has 2 N–H and O–H groups in total. The fourth-order valence-corrected chi connectivity index (χ4v) is 1.23. The number of anilines is 2. The molecule has 0 saturated heterocycles. The molecule has 5 nitrogen and oxygen atoms in total. The Bertz CT molecular complexity index is 359. The van der Waals surface area contributed by atoms with Gasteiger partial charge >= 0.3 is 0 Å². The number of hydrogen-bond acceptors (Lipinski definition) is 4. The molecule has 0 aliphatic rings. The molecule has 0 unspecified atom stereocenters.